The maximum absolute atomic E-state index is 4.58. The minimum atomic E-state index is 0.782. The molecule has 0 aromatic heterocycles. The first-order valence-electron chi connectivity index (χ1n) is 6.33. The summed E-state index contributed by atoms with van der Waals surface area (Å²) in [6.45, 7) is 0.782. The van der Waals surface area contributed by atoms with E-state index in [4.69, 9.17) is 0 Å². The third kappa shape index (κ3) is 2.59. The Morgan fingerprint density at radius 1 is 0.789 bits per heavy atom. The molecule has 0 heterocycles. The molecule has 0 atom stereocenters. The topological polar surface area (TPSA) is 12.0 Å². The number of nitrogens with one attached hydrogen (secondary N) is 1. The maximum atomic E-state index is 4.58. The zero-order valence-electron chi connectivity index (χ0n) is 10.5. The number of hydrogen-bond acceptors (Lipinski definition) is 2. The standard InChI is InChI=1S/C17H15NS/c19-17-11-10-13-6-4-5-9-15(13)16(17)12-18-14-7-2-1-3-8-14/h1-11,18-19H,12H2. The highest BCUT2D eigenvalue weighted by atomic mass is 32.1. The van der Waals surface area contributed by atoms with Crippen LogP contribution >= 0.6 is 12.6 Å². The molecule has 0 fully saturated rings. The van der Waals surface area contributed by atoms with E-state index in [2.05, 4.69) is 66.5 Å². The van der Waals surface area contributed by atoms with Gasteiger partial charge in [0.1, 0.15) is 0 Å². The third-order valence-corrected chi connectivity index (χ3v) is 3.68. The lowest BCUT2D eigenvalue weighted by Gasteiger charge is -2.12. The van der Waals surface area contributed by atoms with Crippen LogP contribution in [0.2, 0.25) is 0 Å². The Morgan fingerprint density at radius 2 is 1.53 bits per heavy atom. The van der Waals surface area contributed by atoms with Crippen molar-refractivity contribution in [2.24, 2.45) is 0 Å². The van der Waals surface area contributed by atoms with Crippen molar-refractivity contribution in [1.29, 1.82) is 0 Å². The first kappa shape index (κ1) is 12.1. The summed E-state index contributed by atoms with van der Waals surface area (Å²) in [6, 6.07) is 22.8. The fourth-order valence-corrected chi connectivity index (χ4v) is 2.53. The molecule has 0 bridgehead atoms. The van der Waals surface area contributed by atoms with Crippen molar-refractivity contribution in [2.75, 3.05) is 5.32 Å². The summed E-state index contributed by atoms with van der Waals surface area (Å²) >= 11 is 4.58. The molecule has 94 valence electrons. The van der Waals surface area contributed by atoms with E-state index >= 15 is 0 Å². The van der Waals surface area contributed by atoms with Gasteiger partial charge in [0.15, 0.2) is 0 Å². The van der Waals surface area contributed by atoms with E-state index in [0.29, 0.717) is 0 Å². The summed E-state index contributed by atoms with van der Waals surface area (Å²) in [6.07, 6.45) is 0. The summed E-state index contributed by atoms with van der Waals surface area (Å²) in [7, 11) is 0. The predicted octanol–water partition coefficient (Wildman–Crippen LogP) is 4.74. The third-order valence-electron chi connectivity index (χ3n) is 3.26. The minimum absolute atomic E-state index is 0.782. The highest BCUT2D eigenvalue weighted by Gasteiger charge is 2.04. The first-order valence-corrected chi connectivity index (χ1v) is 6.78. The lowest BCUT2D eigenvalue weighted by atomic mass is 10.0. The molecule has 0 amide bonds. The summed E-state index contributed by atoms with van der Waals surface area (Å²) in [5.74, 6) is 0. The molecule has 0 saturated carbocycles. The summed E-state index contributed by atoms with van der Waals surface area (Å²) in [5, 5.41) is 5.96. The lowest BCUT2D eigenvalue weighted by molar-refractivity contribution is 1.12. The molecule has 0 unspecified atom stereocenters. The summed E-state index contributed by atoms with van der Waals surface area (Å²) < 4.78 is 0. The van der Waals surface area contributed by atoms with Gasteiger partial charge in [0.2, 0.25) is 0 Å². The van der Waals surface area contributed by atoms with E-state index in [1.807, 2.05) is 18.2 Å². The summed E-state index contributed by atoms with van der Waals surface area (Å²) in [5.41, 5.74) is 2.37. The Kier molecular flexibility index (Phi) is 3.43. The second-order valence-electron chi connectivity index (χ2n) is 4.50. The molecule has 1 N–H and O–H groups in total. The molecule has 0 aliphatic rings. The Morgan fingerprint density at radius 3 is 2.37 bits per heavy atom. The van der Waals surface area contributed by atoms with Gasteiger partial charge in [-0.2, -0.15) is 0 Å². The molecule has 0 aliphatic carbocycles. The molecule has 1 nitrogen and oxygen atoms in total. The van der Waals surface area contributed by atoms with Gasteiger partial charge in [0.05, 0.1) is 0 Å². The van der Waals surface area contributed by atoms with E-state index < -0.39 is 0 Å². The maximum Gasteiger partial charge on any atom is 0.0417 e. The number of hydrogen-bond donors (Lipinski definition) is 2. The zero-order valence-corrected chi connectivity index (χ0v) is 11.4. The molecule has 0 saturated heterocycles. The SMILES string of the molecule is Sc1ccc2ccccc2c1CNc1ccccc1. The number of anilines is 1. The van der Waals surface area contributed by atoms with Crippen LogP contribution in [-0.4, -0.2) is 0 Å². The van der Waals surface area contributed by atoms with E-state index in [9.17, 15) is 0 Å². The molecule has 2 heteroatoms. The van der Waals surface area contributed by atoms with Crippen molar-refractivity contribution >= 4 is 29.1 Å². The normalized spacial score (nSPS) is 10.6. The van der Waals surface area contributed by atoms with Crippen LogP contribution in [0, 0.1) is 0 Å². The van der Waals surface area contributed by atoms with Crippen LogP contribution in [0.25, 0.3) is 10.8 Å². The number of para-hydroxylation sites is 1. The molecule has 3 aromatic carbocycles. The van der Waals surface area contributed by atoms with Gasteiger partial charge >= 0.3 is 0 Å². The monoisotopic (exact) mass is 265 g/mol. The van der Waals surface area contributed by atoms with Crippen molar-refractivity contribution in [3.63, 3.8) is 0 Å². The average Bonchev–Trinajstić information content (AvgIpc) is 2.47. The highest BCUT2D eigenvalue weighted by Crippen LogP contribution is 2.25. The minimum Gasteiger partial charge on any atom is -0.381 e. The fraction of sp³-hybridized carbons (Fsp3) is 0.0588. The van der Waals surface area contributed by atoms with E-state index in [1.165, 1.54) is 16.3 Å². The lowest BCUT2D eigenvalue weighted by Crippen LogP contribution is -2.01. The molecule has 3 rings (SSSR count). The van der Waals surface area contributed by atoms with Gasteiger partial charge in [-0.3, -0.25) is 0 Å². The average molecular weight is 265 g/mol. The van der Waals surface area contributed by atoms with Crippen molar-refractivity contribution in [3.8, 4) is 0 Å². The molecular formula is C17H15NS. The second-order valence-corrected chi connectivity index (χ2v) is 4.99. The molecule has 0 radical (unpaired) electrons. The smallest absolute Gasteiger partial charge is 0.0417 e. The zero-order chi connectivity index (χ0) is 13.1. The van der Waals surface area contributed by atoms with E-state index in [1.54, 1.807) is 0 Å². The van der Waals surface area contributed by atoms with Gasteiger partial charge in [0, 0.05) is 17.1 Å². The largest absolute Gasteiger partial charge is 0.381 e. The molecule has 3 aromatic rings. The van der Waals surface area contributed by atoms with Crippen molar-refractivity contribution in [3.05, 3.63) is 72.3 Å². The number of rotatable bonds is 3. The predicted molar refractivity (Wildman–Crippen MR) is 85.0 cm³/mol. The van der Waals surface area contributed by atoms with Gasteiger partial charge in [0.25, 0.3) is 0 Å². The van der Waals surface area contributed by atoms with Crippen LogP contribution in [0.4, 0.5) is 5.69 Å². The Hall–Kier alpha value is -1.93. The van der Waals surface area contributed by atoms with Gasteiger partial charge in [-0.1, -0.05) is 48.5 Å². The number of benzene rings is 3. The number of fused-ring (bicyclic) bond motifs is 1. The Labute approximate surface area is 118 Å². The molecule has 19 heavy (non-hydrogen) atoms. The Bertz CT molecular complexity index is 692. The van der Waals surface area contributed by atoms with Crippen LogP contribution in [-0.2, 0) is 6.54 Å². The van der Waals surface area contributed by atoms with Crippen molar-refractivity contribution < 1.29 is 0 Å². The van der Waals surface area contributed by atoms with Crippen LogP contribution in [0.5, 0.6) is 0 Å². The highest BCUT2D eigenvalue weighted by molar-refractivity contribution is 7.80. The van der Waals surface area contributed by atoms with Crippen LogP contribution in [0.1, 0.15) is 5.56 Å². The Balaban J connectivity index is 1.94. The first-order chi connectivity index (χ1) is 9.34. The van der Waals surface area contributed by atoms with Gasteiger partial charge in [-0.05, 0) is 34.5 Å². The van der Waals surface area contributed by atoms with Crippen molar-refractivity contribution in [1.82, 2.24) is 0 Å². The number of thiol groups is 1. The van der Waals surface area contributed by atoms with Crippen LogP contribution < -0.4 is 5.32 Å². The van der Waals surface area contributed by atoms with E-state index in [-0.39, 0.29) is 0 Å². The van der Waals surface area contributed by atoms with Crippen molar-refractivity contribution in [2.45, 2.75) is 11.4 Å². The molecule has 0 spiro atoms. The van der Waals surface area contributed by atoms with Gasteiger partial charge < -0.3 is 5.32 Å². The molecule has 0 aliphatic heterocycles. The summed E-state index contributed by atoms with van der Waals surface area (Å²) in [4.78, 5) is 1.03. The second kappa shape index (κ2) is 5.37. The quantitative estimate of drug-likeness (QED) is 0.652. The van der Waals surface area contributed by atoms with E-state index in [0.717, 1.165) is 17.1 Å². The fourth-order valence-electron chi connectivity index (χ4n) is 2.26. The molecular weight excluding hydrogens is 250 g/mol. The van der Waals surface area contributed by atoms with Crippen LogP contribution in [0.15, 0.2) is 71.6 Å². The van der Waals surface area contributed by atoms with Crippen LogP contribution in [0.3, 0.4) is 0 Å². The van der Waals surface area contributed by atoms with Gasteiger partial charge in [-0.25, -0.2) is 0 Å². The van der Waals surface area contributed by atoms with Gasteiger partial charge in [-0.15, -0.1) is 12.6 Å².